The highest BCUT2D eigenvalue weighted by atomic mass is 32.1. The van der Waals surface area contributed by atoms with Crippen molar-refractivity contribution in [2.45, 2.75) is 25.6 Å². The second-order valence-electron chi connectivity index (χ2n) is 6.47. The summed E-state index contributed by atoms with van der Waals surface area (Å²) in [5.41, 5.74) is 2.39. The summed E-state index contributed by atoms with van der Waals surface area (Å²) in [5, 5.41) is 13.7. The number of nitrogens with zero attached hydrogens (tertiary/aromatic N) is 2. The number of hydrogen-bond donors (Lipinski definition) is 1. The van der Waals surface area contributed by atoms with Gasteiger partial charge in [-0.1, -0.05) is 6.07 Å². The Hall–Kier alpha value is -1.47. The minimum Gasteiger partial charge on any atom is -0.494 e. The molecular weight excluding hydrogens is 339 g/mol. The summed E-state index contributed by atoms with van der Waals surface area (Å²) >= 11 is 1.72. The van der Waals surface area contributed by atoms with Gasteiger partial charge in [-0.15, -0.1) is 0 Å². The molecule has 1 aliphatic rings. The third kappa shape index (κ3) is 4.79. The van der Waals surface area contributed by atoms with Gasteiger partial charge in [-0.25, -0.2) is 4.39 Å². The molecule has 0 radical (unpaired) electrons. The van der Waals surface area contributed by atoms with Crippen molar-refractivity contribution in [2.75, 3.05) is 33.4 Å². The quantitative estimate of drug-likeness (QED) is 0.819. The van der Waals surface area contributed by atoms with Crippen LogP contribution in [0, 0.1) is 5.82 Å². The predicted molar refractivity (Wildman–Crippen MR) is 98.4 cm³/mol. The maximum absolute atomic E-state index is 13.6. The first-order valence-corrected chi connectivity index (χ1v) is 9.54. The van der Waals surface area contributed by atoms with E-state index in [1.165, 1.54) is 18.7 Å². The average molecular weight is 364 g/mol. The molecule has 136 valence electrons. The first-order chi connectivity index (χ1) is 12.2. The Bertz CT molecular complexity index is 665. The number of ether oxygens (including phenoxy) is 1. The van der Waals surface area contributed by atoms with Gasteiger partial charge in [-0.05, 0) is 46.5 Å². The molecular formula is C19H25FN2O2S. The average Bonchev–Trinajstić information content (AvgIpc) is 3.12. The van der Waals surface area contributed by atoms with E-state index in [1.807, 2.05) is 6.07 Å². The zero-order valence-electron chi connectivity index (χ0n) is 14.5. The molecule has 0 amide bonds. The largest absolute Gasteiger partial charge is 0.494 e. The minimum absolute atomic E-state index is 0.197. The van der Waals surface area contributed by atoms with E-state index < -0.39 is 0 Å². The monoisotopic (exact) mass is 364 g/mol. The first kappa shape index (κ1) is 18.3. The van der Waals surface area contributed by atoms with Crippen molar-refractivity contribution in [1.82, 2.24) is 9.80 Å². The Morgan fingerprint density at radius 2 is 2.12 bits per heavy atom. The summed E-state index contributed by atoms with van der Waals surface area (Å²) in [6.45, 7) is 4.75. The molecule has 3 rings (SSSR count). The van der Waals surface area contributed by atoms with Crippen LogP contribution < -0.4 is 4.74 Å². The fourth-order valence-electron chi connectivity index (χ4n) is 3.41. The van der Waals surface area contributed by atoms with E-state index in [1.54, 1.807) is 17.4 Å². The van der Waals surface area contributed by atoms with Gasteiger partial charge in [-0.2, -0.15) is 11.3 Å². The molecule has 2 aromatic rings. The van der Waals surface area contributed by atoms with Crippen molar-refractivity contribution in [3.05, 3.63) is 52.0 Å². The molecule has 1 N–H and O–H groups in total. The summed E-state index contributed by atoms with van der Waals surface area (Å²) in [6, 6.07) is 7.55. The van der Waals surface area contributed by atoms with Gasteiger partial charge in [0.1, 0.15) is 0 Å². The Morgan fingerprint density at radius 1 is 1.24 bits per heavy atom. The minimum atomic E-state index is -0.329. The smallest absolute Gasteiger partial charge is 0.165 e. The van der Waals surface area contributed by atoms with Gasteiger partial charge in [0.2, 0.25) is 0 Å². The molecule has 0 spiro atoms. The molecule has 0 saturated carbocycles. The Labute approximate surface area is 152 Å². The Kier molecular flexibility index (Phi) is 6.42. The standard InChI is InChI=1S/C19H25FN2O2S/c1-24-19-10-15(2-3-18(19)20)11-21-6-7-22(17(13-21)4-8-23)12-16-5-9-25-14-16/h2-3,5,9-10,14,17,23H,4,6-8,11-13H2,1H3. The van der Waals surface area contributed by atoms with Crippen LogP contribution in [-0.2, 0) is 13.1 Å². The van der Waals surface area contributed by atoms with Crippen LogP contribution in [0.2, 0.25) is 0 Å². The third-order valence-electron chi connectivity index (χ3n) is 4.74. The summed E-state index contributed by atoms with van der Waals surface area (Å²) in [6.07, 6.45) is 0.771. The number of rotatable bonds is 7. The molecule has 1 atom stereocenters. The summed E-state index contributed by atoms with van der Waals surface area (Å²) in [5.74, 6) is -0.0366. The predicted octanol–water partition coefficient (Wildman–Crippen LogP) is 2.96. The molecule has 1 aliphatic heterocycles. The number of aliphatic hydroxyl groups excluding tert-OH is 1. The van der Waals surface area contributed by atoms with Gasteiger partial charge in [0, 0.05) is 45.4 Å². The van der Waals surface area contributed by atoms with E-state index in [9.17, 15) is 9.50 Å². The number of thiophene rings is 1. The lowest BCUT2D eigenvalue weighted by Gasteiger charge is -2.41. The van der Waals surface area contributed by atoms with Crippen LogP contribution in [-0.4, -0.2) is 54.3 Å². The number of aliphatic hydroxyl groups is 1. The molecule has 0 bridgehead atoms. The third-order valence-corrected chi connectivity index (χ3v) is 5.47. The van der Waals surface area contributed by atoms with Gasteiger partial charge in [-0.3, -0.25) is 9.80 Å². The maximum Gasteiger partial charge on any atom is 0.165 e. The van der Waals surface area contributed by atoms with Gasteiger partial charge in [0.15, 0.2) is 11.6 Å². The van der Waals surface area contributed by atoms with Crippen molar-refractivity contribution in [3.63, 3.8) is 0 Å². The van der Waals surface area contributed by atoms with Crippen LogP contribution in [0.3, 0.4) is 0 Å². The van der Waals surface area contributed by atoms with Gasteiger partial charge in [0.25, 0.3) is 0 Å². The van der Waals surface area contributed by atoms with E-state index in [0.29, 0.717) is 11.8 Å². The molecule has 1 saturated heterocycles. The molecule has 1 aromatic carbocycles. The highest BCUT2D eigenvalue weighted by molar-refractivity contribution is 7.07. The number of piperazine rings is 1. The zero-order chi connectivity index (χ0) is 17.6. The SMILES string of the molecule is COc1cc(CN2CCN(Cc3ccsc3)C(CCO)C2)ccc1F. The second kappa shape index (κ2) is 8.76. The molecule has 1 aromatic heterocycles. The maximum atomic E-state index is 13.6. The normalized spacial score (nSPS) is 19.2. The van der Waals surface area contributed by atoms with Crippen LogP contribution in [0.25, 0.3) is 0 Å². The number of methoxy groups -OCH3 is 1. The van der Waals surface area contributed by atoms with E-state index in [4.69, 9.17) is 4.74 Å². The van der Waals surface area contributed by atoms with Crippen molar-refractivity contribution in [1.29, 1.82) is 0 Å². The highest BCUT2D eigenvalue weighted by Gasteiger charge is 2.26. The molecule has 0 aliphatic carbocycles. The summed E-state index contributed by atoms with van der Waals surface area (Å²) in [7, 11) is 1.49. The molecule has 2 heterocycles. The van der Waals surface area contributed by atoms with Crippen molar-refractivity contribution < 1.29 is 14.2 Å². The zero-order valence-corrected chi connectivity index (χ0v) is 15.3. The Morgan fingerprint density at radius 3 is 2.84 bits per heavy atom. The van der Waals surface area contributed by atoms with Crippen molar-refractivity contribution in [2.24, 2.45) is 0 Å². The molecule has 1 fully saturated rings. The molecule has 1 unspecified atom stereocenters. The van der Waals surface area contributed by atoms with Gasteiger partial charge < -0.3 is 9.84 Å². The molecule has 6 heteroatoms. The summed E-state index contributed by atoms with van der Waals surface area (Å²) in [4.78, 5) is 4.83. The van der Waals surface area contributed by atoms with Crippen LogP contribution >= 0.6 is 11.3 Å². The molecule has 4 nitrogen and oxygen atoms in total. The highest BCUT2D eigenvalue weighted by Crippen LogP contribution is 2.22. The van der Waals surface area contributed by atoms with Crippen LogP contribution in [0.5, 0.6) is 5.75 Å². The van der Waals surface area contributed by atoms with E-state index in [0.717, 1.165) is 44.7 Å². The summed E-state index contributed by atoms with van der Waals surface area (Å²) < 4.78 is 18.6. The van der Waals surface area contributed by atoms with Crippen LogP contribution in [0.4, 0.5) is 4.39 Å². The Balaban J connectivity index is 1.63. The van der Waals surface area contributed by atoms with E-state index in [-0.39, 0.29) is 12.4 Å². The van der Waals surface area contributed by atoms with Gasteiger partial charge >= 0.3 is 0 Å². The fourth-order valence-corrected chi connectivity index (χ4v) is 4.07. The van der Waals surface area contributed by atoms with Crippen molar-refractivity contribution in [3.8, 4) is 5.75 Å². The van der Waals surface area contributed by atoms with Crippen LogP contribution in [0.1, 0.15) is 17.5 Å². The second-order valence-corrected chi connectivity index (χ2v) is 7.25. The number of halogens is 1. The first-order valence-electron chi connectivity index (χ1n) is 8.60. The van der Waals surface area contributed by atoms with Crippen LogP contribution in [0.15, 0.2) is 35.0 Å². The lowest BCUT2D eigenvalue weighted by molar-refractivity contribution is 0.0500. The van der Waals surface area contributed by atoms with E-state index >= 15 is 0 Å². The number of benzene rings is 1. The lowest BCUT2D eigenvalue weighted by Crippen LogP contribution is -2.52. The number of hydrogen-bond acceptors (Lipinski definition) is 5. The lowest BCUT2D eigenvalue weighted by atomic mass is 10.1. The molecule has 25 heavy (non-hydrogen) atoms. The topological polar surface area (TPSA) is 35.9 Å². The fraction of sp³-hybridized carbons (Fsp3) is 0.474. The van der Waals surface area contributed by atoms with Crippen molar-refractivity contribution >= 4 is 11.3 Å². The van der Waals surface area contributed by atoms with Gasteiger partial charge in [0.05, 0.1) is 7.11 Å². The van der Waals surface area contributed by atoms with E-state index in [2.05, 4.69) is 26.6 Å².